The Bertz CT molecular complexity index is 983. The average molecular weight is 464 g/mol. The maximum Gasteiger partial charge on any atom is 0.416 e. The molecule has 168 valence electrons. The Morgan fingerprint density at radius 3 is 2.39 bits per heavy atom. The molecule has 0 aliphatic carbocycles. The lowest BCUT2D eigenvalue weighted by atomic mass is 10.0. The molecule has 0 aliphatic rings. The van der Waals surface area contributed by atoms with E-state index in [0.29, 0.717) is 6.07 Å². The molecule has 2 aromatic carbocycles. The second-order valence-electron chi connectivity index (χ2n) is 6.51. The first-order valence-corrected chi connectivity index (χ1v) is 8.99. The van der Waals surface area contributed by atoms with Gasteiger partial charge in [-0.25, -0.2) is 4.79 Å². The summed E-state index contributed by atoms with van der Waals surface area (Å²) in [5.74, 6) is -2.00. The van der Waals surface area contributed by atoms with Gasteiger partial charge in [0.15, 0.2) is 0 Å². The van der Waals surface area contributed by atoms with E-state index in [1.807, 2.05) is 0 Å². The number of carboxylic acid groups (broad SMARTS) is 1. The van der Waals surface area contributed by atoms with Gasteiger partial charge in [0.1, 0.15) is 11.5 Å². The Morgan fingerprint density at radius 1 is 1.19 bits per heavy atom. The molecule has 2 rings (SSSR count). The maximum absolute atomic E-state index is 12.8. The van der Waals surface area contributed by atoms with Crippen LogP contribution in [0.4, 0.5) is 18.9 Å². The fourth-order valence-corrected chi connectivity index (χ4v) is 2.64. The van der Waals surface area contributed by atoms with Crippen LogP contribution >= 0.6 is 11.6 Å². The van der Waals surface area contributed by atoms with E-state index in [1.165, 1.54) is 20.1 Å². The van der Waals surface area contributed by atoms with Crippen LogP contribution in [0.5, 0.6) is 17.2 Å². The summed E-state index contributed by atoms with van der Waals surface area (Å²) < 4.78 is 54.1. The van der Waals surface area contributed by atoms with Crippen molar-refractivity contribution in [2.24, 2.45) is 0 Å². The van der Waals surface area contributed by atoms with Crippen molar-refractivity contribution in [1.29, 1.82) is 0 Å². The summed E-state index contributed by atoms with van der Waals surface area (Å²) in [6.07, 6.45) is -4.72. The van der Waals surface area contributed by atoms with Gasteiger partial charge in [-0.15, -0.1) is 0 Å². The molecule has 31 heavy (non-hydrogen) atoms. The summed E-state index contributed by atoms with van der Waals surface area (Å²) in [4.78, 5) is 22.2. The molecule has 0 heterocycles. The second kappa shape index (κ2) is 9.40. The molecule has 0 bridgehead atoms. The van der Waals surface area contributed by atoms with Gasteiger partial charge >= 0.3 is 17.8 Å². The molecule has 1 N–H and O–H groups in total. The van der Waals surface area contributed by atoms with Crippen molar-refractivity contribution in [2.45, 2.75) is 25.1 Å². The SMILES string of the molecule is COCCC(C)(Oc1cc(Oc2ccc(C(F)(F)F)cc2Cl)ccc1[N+](=O)[O-])C(=O)O. The summed E-state index contributed by atoms with van der Waals surface area (Å²) in [5, 5.41) is 20.5. The zero-order valence-electron chi connectivity index (χ0n) is 16.2. The van der Waals surface area contributed by atoms with Crippen molar-refractivity contribution in [3.8, 4) is 17.2 Å². The van der Waals surface area contributed by atoms with Crippen LogP contribution in [-0.4, -0.2) is 35.3 Å². The van der Waals surface area contributed by atoms with Crippen LogP contribution in [0.3, 0.4) is 0 Å². The molecule has 12 heteroatoms. The molecule has 2 aromatic rings. The van der Waals surface area contributed by atoms with Crippen LogP contribution in [0.2, 0.25) is 5.02 Å². The van der Waals surface area contributed by atoms with Gasteiger partial charge in [-0.1, -0.05) is 11.6 Å². The van der Waals surface area contributed by atoms with E-state index in [1.54, 1.807) is 0 Å². The molecule has 0 radical (unpaired) electrons. The number of nitro groups is 1. The Morgan fingerprint density at radius 2 is 1.87 bits per heavy atom. The van der Waals surface area contributed by atoms with Gasteiger partial charge in [0.25, 0.3) is 0 Å². The summed E-state index contributed by atoms with van der Waals surface area (Å²) in [5.41, 5.74) is -3.37. The molecule has 1 atom stereocenters. The first kappa shape index (κ1) is 24.2. The highest BCUT2D eigenvalue weighted by molar-refractivity contribution is 6.32. The number of hydrogen-bond donors (Lipinski definition) is 1. The van der Waals surface area contributed by atoms with Gasteiger partial charge in [-0.05, 0) is 31.2 Å². The number of halogens is 4. The lowest BCUT2D eigenvalue weighted by Crippen LogP contribution is -2.42. The fourth-order valence-electron chi connectivity index (χ4n) is 2.42. The highest BCUT2D eigenvalue weighted by Crippen LogP contribution is 2.39. The minimum Gasteiger partial charge on any atom is -0.478 e. The number of alkyl halides is 3. The Hall–Kier alpha value is -3.05. The molecule has 0 spiro atoms. The number of rotatable bonds is 9. The molecule has 8 nitrogen and oxygen atoms in total. The van der Waals surface area contributed by atoms with Gasteiger partial charge in [-0.2, -0.15) is 13.2 Å². The third kappa shape index (κ3) is 5.98. The quantitative estimate of drug-likeness (QED) is 0.396. The number of hydrogen-bond acceptors (Lipinski definition) is 6. The Balaban J connectivity index is 2.39. The second-order valence-corrected chi connectivity index (χ2v) is 6.92. The van der Waals surface area contributed by atoms with Crippen LogP contribution in [-0.2, 0) is 15.7 Å². The molecular formula is C19H17ClF3NO7. The third-order valence-electron chi connectivity index (χ3n) is 4.19. The first-order valence-electron chi connectivity index (χ1n) is 8.62. The van der Waals surface area contributed by atoms with Crippen LogP contribution in [0.15, 0.2) is 36.4 Å². The summed E-state index contributed by atoms with van der Waals surface area (Å²) in [6, 6.07) is 5.67. The van der Waals surface area contributed by atoms with E-state index in [-0.39, 0.29) is 29.5 Å². The van der Waals surface area contributed by atoms with E-state index in [2.05, 4.69) is 0 Å². The number of methoxy groups -OCH3 is 1. The van der Waals surface area contributed by atoms with E-state index in [9.17, 15) is 33.2 Å². The average Bonchev–Trinajstić information content (AvgIpc) is 2.67. The molecule has 0 fully saturated rings. The zero-order valence-corrected chi connectivity index (χ0v) is 17.0. The smallest absolute Gasteiger partial charge is 0.416 e. The van der Waals surface area contributed by atoms with Crippen molar-refractivity contribution >= 4 is 23.3 Å². The van der Waals surface area contributed by atoms with E-state index >= 15 is 0 Å². The molecule has 0 saturated carbocycles. The Kier molecular flexibility index (Phi) is 7.34. The van der Waals surface area contributed by atoms with Gasteiger partial charge in [0.05, 0.1) is 22.1 Å². The monoisotopic (exact) mass is 463 g/mol. The number of nitro benzene ring substituents is 1. The molecule has 0 saturated heterocycles. The molecule has 0 aliphatic heterocycles. The lowest BCUT2D eigenvalue weighted by Gasteiger charge is -2.26. The normalized spacial score (nSPS) is 13.4. The third-order valence-corrected chi connectivity index (χ3v) is 4.48. The highest BCUT2D eigenvalue weighted by atomic mass is 35.5. The molecule has 0 amide bonds. The highest BCUT2D eigenvalue weighted by Gasteiger charge is 2.37. The van der Waals surface area contributed by atoms with Crippen LogP contribution in [0.25, 0.3) is 0 Å². The van der Waals surface area contributed by atoms with Gasteiger partial charge in [0.2, 0.25) is 11.4 Å². The lowest BCUT2D eigenvalue weighted by molar-refractivity contribution is -0.386. The minimum atomic E-state index is -4.60. The van der Waals surface area contributed by atoms with E-state index < -0.39 is 39.7 Å². The number of carbonyl (C=O) groups is 1. The van der Waals surface area contributed by atoms with Crippen molar-refractivity contribution in [3.05, 3.63) is 57.1 Å². The summed E-state index contributed by atoms with van der Waals surface area (Å²) in [6.45, 7) is 1.23. The van der Waals surface area contributed by atoms with Gasteiger partial charge < -0.3 is 19.3 Å². The molecule has 0 aromatic heterocycles. The molecule has 1 unspecified atom stereocenters. The zero-order chi connectivity index (χ0) is 23.4. The largest absolute Gasteiger partial charge is 0.478 e. The van der Waals surface area contributed by atoms with E-state index in [4.69, 9.17) is 25.8 Å². The predicted molar refractivity (Wildman–Crippen MR) is 103 cm³/mol. The summed E-state index contributed by atoms with van der Waals surface area (Å²) in [7, 11) is 1.35. The maximum atomic E-state index is 12.8. The van der Waals surface area contributed by atoms with Crippen molar-refractivity contribution in [3.63, 3.8) is 0 Å². The van der Waals surface area contributed by atoms with Crippen molar-refractivity contribution < 1.29 is 42.2 Å². The number of aliphatic carboxylic acids is 1. The topological polar surface area (TPSA) is 108 Å². The van der Waals surface area contributed by atoms with E-state index in [0.717, 1.165) is 24.3 Å². The number of benzene rings is 2. The summed E-state index contributed by atoms with van der Waals surface area (Å²) >= 11 is 5.86. The van der Waals surface area contributed by atoms with Gasteiger partial charge in [-0.3, -0.25) is 10.1 Å². The molecular weight excluding hydrogens is 447 g/mol. The Labute approximate surface area is 179 Å². The minimum absolute atomic E-state index is 0.00789. The number of nitrogens with zero attached hydrogens (tertiary/aromatic N) is 1. The first-order chi connectivity index (χ1) is 14.4. The fraction of sp³-hybridized carbons (Fsp3) is 0.316. The van der Waals surface area contributed by atoms with Crippen molar-refractivity contribution in [2.75, 3.05) is 13.7 Å². The van der Waals surface area contributed by atoms with Crippen LogP contribution in [0.1, 0.15) is 18.9 Å². The standard InChI is InChI=1S/C19H17ClF3NO7/c1-18(17(25)26,7-8-29-2)31-16-10-12(4-5-14(16)24(27)28)30-15-6-3-11(9-13(15)20)19(21,22)23/h3-6,9-10H,7-8H2,1-2H3,(H,25,26). The predicted octanol–water partition coefficient (Wildman–Crippen LogP) is 5.32. The number of ether oxygens (including phenoxy) is 3. The number of carboxylic acids is 1. The van der Waals surface area contributed by atoms with Crippen molar-refractivity contribution in [1.82, 2.24) is 0 Å². The van der Waals surface area contributed by atoms with Crippen LogP contribution in [0, 0.1) is 10.1 Å². The van der Waals surface area contributed by atoms with Gasteiger partial charge in [0, 0.05) is 25.7 Å². The van der Waals surface area contributed by atoms with Crippen LogP contribution < -0.4 is 9.47 Å².